The van der Waals surface area contributed by atoms with Crippen molar-refractivity contribution in [2.24, 2.45) is 0 Å². The van der Waals surface area contributed by atoms with E-state index < -0.39 is 20.6 Å². The van der Waals surface area contributed by atoms with Crippen LogP contribution in [-0.4, -0.2) is 15.0 Å². The van der Waals surface area contributed by atoms with Gasteiger partial charge in [0.1, 0.15) is 0 Å². The molecule has 4 aromatic heterocycles. The first kappa shape index (κ1) is 33.5. The third kappa shape index (κ3) is 9.24. The van der Waals surface area contributed by atoms with Crippen LogP contribution >= 0.6 is 0 Å². The number of benzene rings is 4. The van der Waals surface area contributed by atoms with E-state index in [4.69, 9.17) is 16.8 Å². The summed E-state index contributed by atoms with van der Waals surface area (Å²) in [6.07, 6.45) is 3.32. The number of aromatic nitrogens is 3. The Bertz CT molecular complexity index is 3060. The Labute approximate surface area is 384 Å². The van der Waals surface area contributed by atoms with Gasteiger partial charge in [-0.15, -0.1) is 47.5 Å². The molecule has 5 heteroatoms. The molecule has 8 aromatic rings. The van der Waals surface area contributed by atoms with Gasteiger partial charge in [0.15, 0.2) is 0 Å². The predicted molar refractivity (Wildman–Crippen MR) is 248 cm³/mol. The average Bonchev–Trinajstić information content (AvgIpc) is 3.66. The first-order chi connectivity index (χ1) is 31.7. The topological polar surface area (TPSA) is 51.8 Å². The fourth-order valence-corrected chi connectivity index (χ4v) is 7.37. The Morgan fingerprint density at radius 1 is 0.667 bits per heavy atom. The Morgan fingerprint density at radius 3 is 2.00 bits per heavy atom. The van der Waals surface area contributed by atoms with E-state index in [1.54, 1.807) is 18.2 Å². The van der Waals surface area contributed by atoms with E-state index in [0.29, 0.717) is 44.8 Å². The zero-order valence-corrected chi connectivity index (χ0v) is 38.1. The molecule has 0 amide bonds. The second kappa shape index (κ2) is 18.2. The van der Waals surface area contributed by atoms with Gasteiger partial charge in [-0.3, -0.25) is 0 Å². The standard InChI is InChI=1S/C33H35N2O.C22H22N.Ir/c1-18(2)23-14-27(19(3)4)31(28(15-23)20(5)6)29-16-30(34-17-21(29)7)26-11-9-10-24-25-13-12-22(8)35-33(25)36-32(24)26;1-16-10-11-18(14-20(16)17-8-6-5-7-9-17)21-13-12-19(15-23-21)22(2,3)4;/h9-10,12-20H,1-8H3;5-10,12-15H,1-4H3;/q2*-1;/i7D3,8D3;1D3;. The van der Waals surface area contributed by atoms with Crippen LogP contribution in [0.25, 0.3) is 66.8 Å². The summed E-state index contributed by atoms with van der Waals surface area (Å²) in [5, 5.41) is 1.43. The van der Waals surface area contributed by atoms with Gasteiger partial charge < -0.3 is 14.4 Å². The minimum atomic E-state index is -2.38. The number of nitrogens with zero attached hydrogens (tertiary/aromatic N) is 3. The number of fused-ring (bicyclic) bond motifs is 3. The minimum Gasteiger partial charge on any atom is -0.486 e. The first-order valence-corrected chi connectivity index (χ1v) is 20.3. The van der Waals surface area contributed by atoms with E-state index in [2.05, 4.69) is 108 Å². The van der Waals surface area contributed by atoms with Gasteiger partial charge >= 0.3 is 0 Å². The molecule has 0 bridgehead atoms. The fourth-order valence-electron chi connectivity index (χ4n) is 7.37. The second-order valence-corrected chi connectivity index (χ2v) is 17.1. The van der Waals surface area contributed by atoms with Gasteiger partial charge in [-0.2, -0.15) is 0 Å². The molecule has 0 saturated heterocycles. The van der Waals surface area contributed by atoms with Crippen molar-refractivity contribution in [2.75, 3.05) is 0 Å². The molecule has 0 saturated carbocycles. The van der Waals surface area contributed by atoms with Crippen molar-refractivity contribution in [3.05, 3.63) is 161 Å². The number of hydrogen-bond donors (Lipinski definition) is 0. The van der Waals surface area contributed by atoms with E-state index in [9.17, 15) is 0 Å². The summed E-state index contributed by atoms with van der Waals surface area (Å²) in [6, 6.07) is 36.5. The van der Waals surface area contributed by atoms with Crippen molar-refractivity contribution >= 4 is 22.1 Å². The van der Waals surface area contributed by atoms with E-state index in [0.717, 1.165) is 44.5 Å². The fraction of sp³-hybridized carbons (Fsp3) is 0.291. The van der Waals surface area contributed by atoms with Crippen molar-refractivity contribution in [2.45, 2.75) is 106 Å². The Morgan fingerprint density at radius 2 is 1.38 bits per heavy atom. The summed E-state index contributed by atoms with van der Waals surface area (Å²) < 4.78 is 78.0. The van der Waals surface area contributed by atoms with Gasteiger partial charge in [-0.1, -0.05) is 146 Å². The van der Waals surface area contributed by atoms with Gasteiger partial charge in [0.2, 0.25) is 5.71 Å². The number of aryl methyl sites for hydroxylation is 3. The molecule has 60 heavy (non-hydrogen) atoms. The number of hydrogen-bond acceptors (Lipinski definition) is 4. The molecule has 0 aliphatic carbocycles. The van der Waals surface area contributed by atoms with E-state index in [1.807, 2.05) is 60.8 Å². The van der Waals surface area contributed by atoms with Crippen LogP contribution < -0.4 is 0 Å². The van der Waals surface area contributed by atoms with Crippen molar-refractivity contribution in [3.63, 3.8) is 0 Å². The van der Waals surface area contributed by atoms with E-state index in [-0.39, 0.29) is 54.3 Å². The molecule has 0 fully saturated rings. The van der Waals surface area contributed by atoms with Crippen LogP contribution in [0.1, 0.15) is 131 Å². The molecule has 309 valence electrons. The van der Waals surface area contributed by atoms with Crippen molar-refractivity contribution in [1.82, 2.24) is 15.0 Å². The van der Waals surface area contributed by atoms with E-state index in [1.165, 1.54) is 17.8 Å². The van der Waals surface area contributed by atoms with Crippen molar-refractivity contribution in [1.29, 1.82) is 0 Å². The summed E-state index contributed by atoms with van der Waals surface area (Å²) in [6.45, 7) is 12.4. The molecule has 8 rings (SSSR count). The molecule has 0 atom stereocenters. The van der Waals surface area contributed by atoms with E-state index >= 15 is 0 Å². The summed E-state index contributed by atoms with van der Waals surface area (Å²) in [5.74, 6) is 0.631. The first-order valence-electron chi connectivity index (χ1n) is 24.8. The van der Waals surface area contributed by atoms with Crippen LogP contribution in [-0.2, 0) is 25.5 Å². The van der Waals surface area contributed by atoms with Crippen molar-refractivity contribution in [3.8, 4) is 44.8 Å². The monoisotopic (exact) mass is 977 g/mol. The van der Waals surface area contributed by atoms with Crippen LogP contribution in [0.15, 0.2) is 114 Å². The van der Waals surface area contributed by atoms with Crippen LogP contribution in [0, 0.1) is 32.7 Å². The van der Waals surface area contributed by atoms with Gasteiger partial charge in [-0.05, 0) is 105 Å². The quantitative estimate of drug-likeness (QED) is 0.149. The molecule has 1 radical (unpaired) electrons. The molecule has 0 aliphatic rings. The second-order valence-electron chi connectivity index (χ2n) is 17.1. The average molecular weight is 977 g/mol. The smallest absolute Gasteiger partial charge is 0.216 e. The maximum Gasteiger partial charge on any atom is 0.216 e. The van der Waals surface area contributed by atoms with Crippen molar-refractivity contribution < 1.29 is 36.9 Å². The molecular formula is C55H57IrN3O-2. The van der Waals surface area contributed by atoms with Gasteiger partial charge in [0.25, 0.3) is 0 Å². The van der Waals surface area contributed by atoms with Crippen LogP contribution in [0.3, 0.4) is 0 Å². The number of rotatable bonds is 7. The van der Waals surface area contributed by atoms with Crippen LogP contribution in [0.4, 0.5) is 0 Å². The molecule has 0 N–H and O–H groups in total. The third-order valence-electron chi connectivity index (χ3n) is 10.8. The maximum atomic E-state index is 8.39. The van der Waals surface area contributed by atoms with Gasteiger partial charge in [0.05, 0.1) is 5.58 Å². The zero-order valence-electron chi connectivity index (χ0n) is 44.7. The number of pyridine rings is 3. The summed E-state index contributed by atoms with van der Waals surface area (Å²) >= 11 is 0. The molecular weight excluding hydrogens is 911 g/mol. The Kier molecular flexibility index (Phi) is 10.1. The van der Waals surface area contributed by atoms with Crippen LogP contribution in [0.2, 0.25) is 0 Å². The largest absolute Gasteiger partial charge is 0.486 e. The van der Waals surface area contributed by atoms with Gasteiger partial charge in [-0.25, -0.2) is 4.98 Å². The molecule has 4 nitrogen and oxygen atoms in total. The Balaban J connectivity index is 0.000000249. The molecule has 4 aromatic carbocycles. The molecule has 4 heterocycles. The maximum absolute atomic E-state index is 8.39. The molecule has 0 unspecified atom stereocenters. The Hall–Kier alpha value is -5.22. The predicted octanol–water partition coefficient (Wildman–Crippen LogP) is 15.3. The summed E-state index contributed by atoms with van der Waals surface area (Å²) in [4.78, 5) is 13.5. The zero-order chi connectivity index (χ0) is 49.7. The third-order valence-corrected chi connectivity index (χ3v) is 10.8. The molecule has 0 aliphatic heterocycles. The SMILES string of the molecule is [2H]C([2H])([2H])c1c[c-]c(-c2ccc(C(C)(C)C)cn2)cc1-c1ccccc1.[2H]C([2H])([2H])c1ccc2c(n1)oc1c(-c3cc(-c4c(C(C)C)cc(C(C)C)cc4C(C)C)c(C([2H])([2H])[2H])cn3)[c-]ccc12.[Ir]. The molecule has 0 spiro atoms. The number of furan rings is 1. The minimum absolute atomic E-state index is 0. The van der Waals surface area contributed by atoms with Gasteiger partial charge in [0, 0.05) is 55.9 Å². The summed E-state index contributed by atoms with van der Waals surface area (Å²) in [5.41, 5.74) is 11.5. The van der Waals surface area contributed by atoms with Crippen LogP contribution in [0.5, 0.6) is 0 Å². The normalized spacial score (nSPS) is 14.5. The summed E-state index contributed by atoms with van der Waals surface area (Å²) in [7, 11) is 0.